The maximum atomic E-state index is 6.35. The number of hydrogen-bond donors (Lipinski definition) is 0. The highest BCUT2D eigenvalue weighted by Gasteiger charge is 2.41. The molecule has 2 heteroatoms. The van der Waals surface area contributed by atoms with Crippen LogP contribution in [0.1, 0.15) is 73.3 Å². The molecule has 1 heterocycles. The van der Waals surface area contributed by atoms with Crippen LogP contribution >= 0.6 is 0 Å². The molecule has 0 saturated carbocycles. The number of rotatable bonds is 5. The van der Waals surface area contributed by atoms with Crippen LogP contribution in [0.5, 0.6) is 0 Å². The molecule has 4 aliphatic carbocycles. The minimum atomic E-state index is -0.171. The molecule has 0 fully saturated rings. The Balaban J connectivity index is 1.14. The summed E-state index contributed by atoms with van der Waals surface area (Å²) in [7, 11) is 0. The van der Waals surface area contributed by atoms with Gasteiger partial charge < -0.3 is 9.32 Å². The van der Waals surface area contributed by atoms with Gasteiger partial charge in [0.05, 0.1) is 5.69 Å². The first-order chi connectivity index (χ1) is 27.3. The van der Waals surface area contributed by atoms with Crippen molar-refractivity contribution in [2.24, 2.45) is 0 Å². The second-order valence-corrected chi connectivity index (χ2v) is 16.6. The lowest BCUT2D eigenvalue weighted by Crippen LogP contribution is -2.21. The molecule has 1 aromatic heterocycles. The van der Waals surface area contributed by atoms with E-state index in [0.29, 0.717) is 0 Å². The third kappa shape index (κ3) is 4.64. The summed E-state index contributed by atoms with van der Waals surface area (Å²) in [5.41, 5.74) is 27.8. The van der Waals surface area contributed by atoms with E-state index in [0.717, 1.165) is 41.3 Å². The lowest BCUT2D eigenvalue weighted by molar-refractivity contribution is 0.548. The molecule has 7 aromatic rings. The summed E-state index contributed by atoms with van der Waals surface area (Å²) in [5, 5.41) is 1.17. The number of furan rings is 1. The van der Waals surface area contributed by atoms with Gasteiger partial charge in [-0.25, -0.2) is 0 Å². The minimum absolute atomic E-state index is 0.132. The number of fused-ring (bicyclic) bond motifs is 8. The van der Waals surface area contributed by atoms with Crippen molar-refractivity contribution in [3.8, 4) is 22.3 Å². The Morgan fingerprint density at radius 3 is 2.14 bits per heavy atom. The van der Waals surface area contributed by atoms with Gasteiger partial charge in [0.25, 0.3) is 0 Å². The van der Waals surface area contributed by atoms with E-state index in [4.69, 9.17) is 4.42 Å². The number of nitrogens with zero attached hydrogens (tertiary/aromatic N) is 1. The summed E-state index contributed by atoms with van der Waals surface area (Å²) in [6.07, 6.45) is 6.28. The Morgan fingerprint density at radius 1 is 0.607 bits per heavy atom. The van der Waals surface area contributed by atoms with E-state index >= 15 is 0 Å². The normalized spacial score (nSPS) is 16.5. The van der Waals surface area contributed by atoms with E-state index < -0.39 is 0 Å². The Bertz CT molecular complexity index is 3000. The summed E-state index contributed by atoms with van der Waals surface area (Å²) >= 11 is 0. The first-order valence-electron chi connectivity index (χ1n) is 19.8. The van der Waals surface area contributed by atoms with Crippen molar-refractivity contribution in [2.45, 2.75) is 51.4 Å². The molecule has 0 saturated heterocycles. The van der Waals surface area contributed by atoms with Gasteiger partial charge in [-0.15, -0.1) is 0 Å². The van der Waals surface area contributed by atoms with E-state index in [2.05, 4.69) is 196 Å². The molecule has 0 amide bonds. The Kier molecular flexibility index (Phi) is 7.02. The Morgan fingerprint density at radius 2 is 1.29 bits per heavy atom. The summed E-state index contributed by atoms with van der Waals surface area (Å²) in [5.74, 6) is 1.07. The standard InChI is InChI=1S/C54H41NO/c1-53(2)45-25-10-6-21-42(45)51-46(53)26-15-28-48(51)55(47-27-11-7-18-37(47)35-30-31-50-43(33-35)40-20-8-12-29-49(40)56-50)36-17-13-16-34(32-36)38-22-14-23-41-39-19-5-9-24-44(39)54(3,4)52(38)41/h5-14,16-27,29,32-33H,30-31H2,1-4H3. The zero-order valence-electron chi connectivity index (χ0n) is 32.2. The monoisotopic (exact) mass is 719 g/mol. The predicted octanol–water partition coefficient (Wildman–Crippen LogP) is 14.0. The largest absolute Gasteiger partial charge is 0.460 e. The maximum absolute atomic E-state index is 6.35. The second-order valence-electron chi connectivity index (χ2n) is 16.6. The van der Waals surface area contributed by atoms with E-state index in [1.807, 2.05) is 0 Å². The third-order valence-electron chi connectivity index (χ3n) is 12.8. The van der Waals surface area contributed by atoms with Crippen molar-refractivity contribution >= 4 is 39.6 Å². The van der Waals surface area contributed by atoms with Crippen LogP contribution in [0.25, 0.3) is 50.4 Å². The number of para-hydroxylation sites is 2. The fraction of sp³-hybridized carbons (Fsp3) is 0.148. The zero-order chi connectivity index (χ0) is 37.8. The topological polar surface area (TPSA) is 16.4 Å². The first-order valence-corrected chi connectivity index (χ1v) is 19.8. The third-order valence-corrected chi connectivity index (χ3v) is 12.8. The van der Waals surface area contributed by atoms with E-state index in [1.54, 1.807) is 0 Å². The smallest absolute Gasteiger partial charge is 0.134 e. The maximum Gasteiger partial charge on any atom is 0.134 e. The lowest BCUT2D eigenvalue weighted by atomic mass is 9.79. The van der Waals surface area contributed by atoms with Crippen LogP contribution in [0.4, 0.5) is 11.4 Å². The SMILES string of the molecule is CC1(C)C2=C(C(N(c3cccc(-c4cccc5c4C(C)(C)c4ccccc4-5)c3)c3ccccc3C3=Cc4c(oc5ccccc45)CC3)=C=C=C2)c2ccccc21. The average Bonchev–Trinajstić information content (AvgIpc) is 3.81. The molecule has 0 N–H and O–H groups in total. The van der Waals surface area contributed by atoms with Crippen molar-refractivity contribution in [2.75, 3.05) is 4.90 Å². The molecule has 0 spiro atoms. The zero-order valence-corrected chi connectivity index (χ0v) is 32.2. The molecular formula is C54H41NO. The fourth-order valence-electron chi connectivity index (χ4n) is 10.2. The summed E-state index contributed by atoms with van der Waals surface area (Å²) in [6, 6.07) is 51.1. The number of benzene rings is 6. The van der Waals surface area contributed by atoms with Crippen LogP contribution in [0.15, 0.2) is 173 Å². The lowest BCUT2D eigenvalue weighted by Gasteiger charge is -2.32. The fourth-order valence-corrected chi connectivity index (χ4v) is 10.2. The van der Waals surface area contributed by atoms with Crippen molar-refractivity contribution in [3.63, 3.8) is 0 Å². The predicted molar refractivity (Wildman–Crippen MR) is 232 cm³/mol. The van der Waals surface area contributed by atoms with E-state index in [1.165, 1.54) is 77.7 Å². The Labute approximate surface area is 328 Å². The highest BCUT2D eigenvalue weighted by Crippen LogP contribution is 2.55. The van der Waals surface area contributed by atoms with Gasteiger partial charge in [-0.2, -0.15) is 0 Å². The van der Waals surface area contributed by atoms with Crippen molar-refractivity contribution in [1.82, 2.24) is 0 Å². The highest BCUT2D eigenvalue weighted by molar-refractivity contribution is 6.01. The molecule has 268 valence electrons. The summed E-state index contributed by atoms with van der Waals surface area (Å²) < 4.78 is 6.35. The molecule has 4 aliphatic rings. The van der Waals surface area contributed by atoms with Crippen molar-refractivity contribution < 1.29 is 4.42 Å². The van der Waals surface area contributed by atoms with E-state index in [9.17, 15) is 0 Å². The van der Waals surface area contributed by atoms with Gasteiger partial charge in [0, 0.05) is 45.0 Å². The number of aryl methyl sites for hydroxylation is 1. The van der Waals surface area contributed by atoms with Gasteiger partial charge in [0.1, 0.15) is 17.0 Å². The van der Waals surface area contributed by atoms with Gasteiger partial charge >= 0.3 is 0 Å². The average molecular weight is 720 g/mol. The van der Waals surface area contributed by atoms with Crippen LogP contribution < -0.4 is 4.90 Å². The summed E-state index contributed by atoms with van der Waals surface area (Å²) in [4.78, 5) is 2.46. The molecule has 6 aromatic carbocycles. The Hall–Kier alpha value is -6.56. The second kappa shape index (κ2) is 12.0. The first kappa shape index (κ1) is 32.8. The van der Waals surface area contributed by atoms with Gasteiger partial charge in [-0.3, -0.25) is 0 Å². The van der Waals surface area contributed by atoms with Gasteiger partial charge in [-0.05, 0) is 104 Å². The van der Waals surface area contributed by atoms with Crippen LogP contribution in [0.3, 0.4) is 0 Å². The van der Waals surface area contributed by atoms with Crippen LogP contribution in [-0.4, -0.2) is 0 Å². The molecule has 2 nitrogen and oxygen atoms in total. The van der Waals surface area contributed by atoms with Crippen LogP contribution in [-0.2, 0) is 17.3 Å². The van der Waals surface area contributed by atoms with E-state index in [-0.39, 0.29) is 10.8 Å². The van der Waals surface area contributed by atoms with Crippen molar-refractivity contribution in [3.05, 3.63) is 207 Å². The molecule has 56 heavy (non-hydrogen) atoms. The van der Waals surface area contributed by atoms with Gasteiger partial charge in [-0.1, -0.05) is 149 Å². The highest BCUT2D eigenvalue weighted by atomic mass is 16.3. The number of anilines is 2. The van der Waals surface area contributed by atoms with Gasteiger partial charge in [0.2, 0.25) is 0 Å². The molecule has 0 atom stereocenters. The summed E-state index contributed by atoms with van der Waals surface area (Å²) in [6.45, 7) is 9.42. The molecule has 0 bridgehead atoms. The van der Waals surface area contributed by atoms with Crippen LogP contribution in [0.2, 0.25) is 0 Å². The quantitative estimate of drug-likeness (QED) is 0.165. The molecule has 0 radical (unpaired) electrons. The van der Waals surface area contributed by atoms with Gasteiger partial charge in [0.15, 0.2) is 0 Å². The number of allylic oxidation sites excluding steroid dienone is 4. The molecule has 0 unspecified atom stereocenters. The minimum Gasteiger partial charge on any atom is -0.460 e. The molecule has 0 aliphatic heterocycles. The van der Waals surface area contributed by atoms with Crippen LogP contribution in [0, 0.1) is 0 Å². The molecular weight excluding hydrogens is 679 g/mol. The molecule has 11 rings (SSSR count). The number of hydrogen-bond acceptors (Lipinski definition) is 2. The van der Waals surface area contributed by atoms with Crippen molar-refractivity contribution in [1.29, 1.82) is 0 Å².